The van der Waals surface area contributed by atoms with Crippen LogP contribution in [0.15, 0.2) is 0 Å². The second-order valence-corrected chi connectivity index (χ2v) is 5.93. The summed E-state index contributed by atoms with van der Waals surface area (Å²) in [7, 11) is 1.48. The number of carbonyl (C=O) groups is 1. The van der Waals surface area contributed by atoms with E-state index in [1.165, 1.54) is 7.11 Å². The number of ether oxygens (including phenoxy) is 1. The Kier molecular flexibility index (Phi) is 4.99. The molecule has 1 saturated carbocycles. The number of hydrogen-bond donors (Lipinski definition) is 1. The van der Waals surface area contributed by atoms with Crippen LogP contribution >= 0.6 is 0 Å². The van der Waals surface area contributed by atoms with E-state index < -0.39 is 0 Å². The first-order chi connectivity index (χ1) is 7.92. The lowest BCUT2D eigenvalue weighted by atomic mass is 9.70. The largest absolute Gasteiger partial charge is 0.469 e. The minimum atomic E-state index is -0.319. The summed E-state index contributed by atoms with van der Waals surface area (Å²) < 4.78 is 4.93. The maximum atomic E-state index is 11.8. The highest BCUT2D eigenvalue weighted by Crippen LogP contribution is 2.39. The fraction of sp³-hybridized carbons (Fsp3) is 0.929. The summed E-state index contributed by atoms with van der Waals surface area (Å²) in [4.78, 5) is 11.8. The van der Waals surface area contributed by atoms with Gasteiger partial charge in [-0.1, -0.05) is 13.8 Å². The number of rotatable bonds is 4. The van der Waals surface area contributed by atoms with E-state index in [1.807, 2.05) is 6.92 Å². The molecule has 2 N–H and O–H groups in total. The molecule has 3 heteroatoms. The zero-order valence-corrected chi connectivity index (χ0v) is 11.7. The molecule has 0 aliphatic heterocycles. The van der Waals surface area contributed by atoms with Gasteiger partial charge < -0.3 is 10.5 Å². The van der Waals surface area contributed by atoms with Crippen molar-refractivity contribution in [2.45, 2.75) is 58.9 Å². The summed E-state index contributed by atoms with van der Waals surface area (Å²) >= 11 is 0. The second-order valence-electron chi connectivity index (χ2n) is 5.93. The van der Waals surface area contributed by atoms with Crippen LogP contribution in [0.4, 0.5) is 0 Å². The molecule has 0 aromatic rings. The molecule has 0 spiro atoms. The monoisotopic (exact) mass is 241 g/mol. The molecular weight excluding hydrogens is 214 g/mol. The molecule has 100 valence electrons. The van der Waals surface area contributed by atoms with Crippen LogP contribution in [0.3, 0.4) is 0 Å². The van der Waals surface area contributed by atoms with E-state index in [9.17, 15) is 4.79 Å². The molecule has 0 heterocycles. The minimum Gasteiger partial charge on any atom is -0.469 e. The van der Waals surface area contributed by atoms with Gasteiger partial charge in [0.1, 0.15) is 0 Å². The molecule has 4 atom stereocenters. The van der Waals surface area contributed by atoms with Gasteiger partial charge in [0.15, 0.2) is 0 Å². The van der Waals surface area contributed by atoms with Gasteiger partial charge in [-0.25, -0.2) is 0 Å². The lowest BCUT2D eigenvalue weighted by molar-refractivity contribution is -0.153. The Labute approximate surface area is 105 Å². The maximum absolute atomic E-state index is 11.8. The third kappa shape index (κ3) is 3.44. The summed E-state index contributed by atoms with van der Waals surface area (Å²) in [5, 5.41) is 0. The van der Waals surface area contributed by atoms with Crippen molar-refractivity contribution in [2.24, 2.45) is 23.0 Å². The molecule has 0 aromatic heterocycles. The predicted molar refractivity (Wildman–Crippen MR) is 69.5 cm³/mol. The Morgan fingerprint density at radius 3 is 2.59 bits per heavy atom. The van der Waals surface area contributed by atoms with Crippen LogP contribution < -0.4 is 5.73 Å². The second kappa shape index (κ2) is 5.85. The zero-order chi connectivity index (χ0) is 13.1. The third-order valence-corrected chi connectivity index (χ3v) is 4.54. The summed E-state index contributed by atoms with van der Waals surface area (Å²) in [5.74, 6) is 1.13. The van der Waals surface area contributed by atoms with Crippen molar-refractivity contribution in [3.8, 4) is 0 Å². The maximum Gasteiger partial charge on any atom is 0.311 e. The highest BCUT2D eigenvalue weighted by atomic mass is 16.5. The average Bonchev–Trinajstić information content (AvgIpc) is 2.32. The average molecular weight is 241 g/mol. The Hall–Kier alpha value is -0.570. The number of carbonyl (C=O) groups excluding carboxylic acids is 1. The van der Waals surface area contributed by atoms with Crippen LogP contribution in [0.1, 0.15) is 52.9 Å². The van der Waals surface area contributed by atoms with Crippen molar-refractivity contribution in [1.29, 1.82) is 0 Å². The molecular formula is C14H27NO2. The van der Waals surface area contributed by atoms with Gasteiger partial charge in [-0.15, -0.1) is 0 Å². The van der Waals surface area contributed by atoms with E-state index in [0.29, 0.717) is 17.9 Å². The normalized spacial score (nSPS) is 32.9. The number of esters is 1. The smallest absolute Gasteiger partial charge is 0.311 e. The van der Waals surface area contributed by atoms with E-state index in [4.69, 9.17) is 10.5 Å². The van der Waals surface area contributed by atoms with Crippen LogP contribution in [-0.4, -0.2) is 19.1 Å². The molecule has 1 aliphatic rings. The molecule has 1 aliphatic carbocycles. The highest BCUT2D eigenvalue weighted by molar-refractivity contribution is 5.76. The fourth-order valence-corrected chi connectivity index (χ4v) is 2.97. The zero-order valence-electron chi connectivity index (χ0n) is 11.7. The summed E-state index contributed by atoms with van der Waals surface area (Å²) in [6.07, 6.45) is 5.17. The molecule has 4 unspecified atom stereocenters. The first-order valence-corrected chi connectivity index (χ1v) is 6.77. The quantitative estimate of drug-likeness (QED) is 0.770. The lowest BCUT2D eigenvalue weighted by Gasteiger charge is -2.36. The predicted octanol–water partition coefficient (Wildman–Crippen LogP) is 2.73. The van der Waals surface area contributed by atoms with Gasteiger partial charge in [0, 0.05) is 6.04 Å². The standard InChI is InChI=1S/C14H27NO2/c1-5-14(3,13(16)17-4)9-11-6-7-12(15)10(2)8-11/h10-12H,5-9,15H2,1-4H3. The van der Waals surface area contributed by atoms with Gasteiger partial charge in [-0.2, -0.15) is 0 Å². The first-order valence-electron chi connectivity index (χ1n) is 6.77. The molecule has 0 amide bonds. The van der Waals surface area contributed by atoms with Gasteiger partial charge in [0.25, 0.3) is 0 Å². The first kappa shape index (κ1) is 14.5. The summed E-state index contributed by atoms with van der Waals surface area (Å²) in [5.41, 5.74) is 5.71. The molecule has 1 fully saturated rings. The SMILES string of the molecule is CCC(C)(CC1CCC(N)C(C)C1)C(=O)OC. The van der Waals surface area contributed by atoms with Crippen molar-refractivity contribution < 1.29 is 9.53 Å². The van der Waals surface area contributed by atoms with Crippen LogP contribution in [-0.2, 0) is 9.53 Å². The van der Waals surface area contributed by atoms with E-state index in [-0.39, 0.29) is 11.4 Å². The molecule has 0 radical (unpaired) electrons. The molecule has 0 aromatic carbocycles. The summed E-state index contributed by atoms with van der Waals surface area (Å²) in [6.45, 7) is 6.31. The van der Waals surface area contributed by atoms with Gasteiger partial charge in [0.2, 0.25) is 0 Å². The van der Waals surface area contributed by atoms with Crippen molar-refractivity contribution in [2.75, 3.05) is 7.11 Å². The Morgan fingerprint density at radius 1 is 1.47 bits per heavy atom. The van der Waals surface area contributed by atoms with Crippen molar-refractivity contribution in [3.63, 3.8) is 0 Å². The molecule has 0 bridgehead atoms. The molecule has 17 heavy (non-hydrogen) atoms. The Bertz CT molecular complexity index is 267. The van der Waals surface area contributed by atoms with E-state index >= 15 is 0 Å². The van der Waals surface area contributed by atoms with Gasteiger partial charge >= 0.3 is 5.97 Å². The molecule has 3 nitrogen and oxygen atoms in total. The van der Waals surface area contributed by atoms with Crippen molar-refractivity contribution in [3.05, 3.63) is 0 Å². The molecule has 1 rings (SSSR count). The van der Waals surface area contributed by atoms with Crippen molar-refractivity contribution in [1.82, 2.24) is 0 Å². The number of nitrogens with two attached hydrogens (primary N) is 1. The lowest BCUT2D eigenvalue weighted by Crippen LogP contribution is -2.38. The Morgan fingerprint density at radius 2 is 2.12 bits per heavy atom. The minimum absolute atomic E-state index is 0.0671. The third-order valence-electron chi connectivity index (χ3n) is 4.54. The van der Waals surface area contributed by atoms with Gasteiger partial charge in [-0.3, -0.25) is 4.79 Å². The van der Waals surface area contributed by atoms with Crippen LogP contribution in [0.25, 0.3) is 0 Å². The van der Waals surface area contributed by atoms with Gasteiger partial charge in [-0.05, 0) is 50.9 Å². The van der Waals surface area contributed by atoms with Crippen LogP contribution in [0.5, 0.6) is 0 Å². The van der Waals surface area contributed by atoms with E-state index in [2.05, 4.69) is 13.8 Å². The van der Waals surface area contributed by atoms with E-state index in [0.717, 1.165) is 32.1 Å². The van der Waals surface area contributed by atoms with Gasteiger partial charge in [0.05, 0.1) is 12.5 Å². The van der Waals surface area contributed by atoms with Crippen LogP contribution in [0, 0.1) is 17.3 Å². The number of methoxy groups -OCH3 is 1. The molecule has 0 saturated heterocycles. The summed E-state index contributed by atoms with van der Waals surface area (Å²) in [6, 6.07) is 0.345. The fourth-order valence-electron chi connectivity index (χ4n) is 2.97. The topological polar surface area (TPSA) is 52.3 Å². The number of hydrogen-bond acceptors (Lipinski definition) is 3. The highest BCUT2D eigenvalue weighted by Gasteiger charge is 2.37. The van der Waals surface area contributed by atoms with Crippen LogP contribution in [0.2, 0.25) is 0 Å². The Balaban J connectivity index is 2.60. The van der Waals surface area contributed by atoms with E-state index in [1.54, 1.807) is 0 Å². The van der Waals surface area contributed by atoms with Crippen molar-refractivity contribution >= 4 is 5.97 Å².